The molecule has 1 saturated heterocycles. The molecule has 1 N–H and O–H groups in total. The molecular weight excluding hydrogens is 485 g/mol. The van der Waals surface area contributed by atoms with Gasteiger partial charge >= 0.3 is 6.18 Å². The minimum Gasteiger partial charge on any atom is -0.307 e. The number of hydrogen-bond donors (Lipinski definition) is 1. The molecule has 1 amide bonds. The number of aromatic nitrogens is 3. The van der Waals surface area contributed by atoms with Gasteiger partial charge in [0.1, 0.15) is 4.32 Å². The molecule has 0 unspecified atom stereocenters. The number of rotatable bonds is 2. The van der Waals surface area contributed by atoms with Crippen molar-refractivity contribution in [2.75, 3.05) is 0 Å². The second kappa shape index (κ2) is 6.69. The molecule has 3 aromatic rings. The third-order valence-electron chi connectivity index (χ3n) is 3.51. The number of alkyl halides is 3. The van der Waals surface area contributed by atoms with Crippen LogP contribution in [0.15, 0.2) is 33.6 Å². The van der Waals surface area contributed by atoms with Gasteiger partial charge in [0.2, 0.25) is 9.97 Å². The molecule has 0 bridgehead atoms. The van der Waals surface area contributed by atoms with Crippen molar-refractivity contribution in [3.05, 3.63) is 44.3 Å². The van der Waals surface area contributed by atoms with Crippen molar-refractivity contribution in [2.45, 2.75) is 6.18 Å². The summed E-state index contributed by atoms with van der Waals surface area (Å²) in [5, 5.41) is 5.12. The zero-order chi connectivity index (χ0) is 19.3. The second-order valence-electron chi connectivity index (χ2n) is 5.30. The first-order valence-electron chi connectivity index (χ1n) is 7.20. The van der Waals surface area contributed by atoms with Gasteiger partial charge in [-0.25, -0.2) is 9.50 Å². The van der Waals surface area contributed by atoms with E-state index in [2.05, 4.69) is 31.3 Å². The van der Waals surface area contributed by atoms with Crippen molar-refractivity contribution < 1.29 is 18.0 Å². The van der Waals surface area contributed by atoms with Crippen LogP contribution in [0.5, 0.6) is 0 Å². The molecule has 5 nitrogen and oxygen atoms in total. The Kier molecular flexibility index (Phi) is 4.61. The van der Waals surface area contributed by atoms with Crippen molar-refractivity contribution in [1.29, 1.82) is 0 Å². The Morgan fingerprint density at radius 3 is 2.56 bits per heavy atom. The second-order valence-corrected chi connectivity index (χ2v) is 8.89. The molecule has 3 heterocycles. The average molecular weight is 491 g/mol. The van der Waals surface area contributed by atoms with Gasteiger partial charge < -0.3 is 5.32 Å². The minimum absolute atomic E-state index is 0.0816. The molecule has 12 heteroatoms. The van der Waals surface area contributed by atoms with E-state index in [0.717, 1.165) is 20.8 Å². The van der Waals surface area contributed by atoms with Crippen LogP contribution < -0.4 is 5.32 Å². The number of amides is 1. The third-order valence-corrected chi connectivity index (χ3v) is 6.15. The number of hydrogen-bond acceptors (Lipinski definition) is 6. The van der Waals surface area contributed by atoms with Crippen molar-refractivity contribution >= 4 is 72.5 Å². The lowest BCUT2D eigenvalue weighted by Crippen LogP contribution is -2.17. The standard InChI is InChI=1S/C15H6BrF3N4OS3/c16-7-3-1-6(2-4-7)10-8(5-9-11(24)21-14(25)26-9)23-13(20-10)27-12(22-23)15(17,18)19/h1-5H,(H,21,24,25)/b9-5-. The predicted molar refractivity (Wildman–Crippen MR) is 105 cm³/mol. The number of thioether (sulfide) groups is 1. The summed E-state index contributed by atoms with van der Waals surface area (Å²) in [5.74, 6) is -0.409. The maximum atomic E-state index is 13.0. The number of carbonyl (C=O) groups is 1. The van der Waals surface area contributed by atoms with E-state index in [1.54, 1.807) is 24.3 Å². The fraction of sp³-hybridized carbons (Fsp3) is 0.0667. The van der Waals surface area contributed by atoms with Crippen LogP contribution in [0.25, 0.3) is 22.3 Å². The maximum Gasteiger partial charge on any atom is 0.445 e. The average Bonchev–Trinajstić information content (AvgIpc) is 3.22. The van der Waals surface area contributed by atoms with Gasteiger partial charge in [0.15, 0.2) is 0 Å². The van der Waals surface area contributed by atoms with Crippen LogP contribution in [0.1, 0.15) is 10.7 Å². The quantitative estimate of drug-likeness (QED) is 0.415. The van der Waals surface area contributed by atoms with Crippen LogP contribution in [0.3, 0.4) is 0 Å². The Hall–Kier alpha value is -1.76. The lowest BCUT2D eigenvalue weighted by molar-refractivity contribution is -0.138. The van der Waals surface area contributed by atoms with E-state index in [1.165, 1.54) is 6.08 Å². The Labute approximate surface area is 171 Å². The summed E-state index contributed by atoms with van der Waals surface area (Å²) in [6.07, 6.45) is -3.12. The zero-order valence-corrected chi connectivity index (χ0v) is 16.9. The molecule has 1 fully saturated rings. The summed E-state index contributed by atoms with van der Waals surface area (Å²) < 4.78 is 41.3. The smallest absolute Gasteiger partial charge is 0.307 e. The molecule has 1 aliphatic rings. The normalized spacial score (nSPS) is 16.5. The molecule has 4 rings (SSSR count). The summed E-state index contributed by atoms with van der Waals surface area (Å²) in [4.78, 5) is 16.6. The number of nitrogens with zero attached hydrogens (tertiary/aromatic N) is 3. The minimum atomic E-state index is -4.57. The van der Waals surface area contributed by atoms with Crippen molar-refractivity contribution in [3.8, 4) is 11.3 Å². The lowest BCUT2D eigenvalue weighted by atomic mass is 10.1. The summed E-state index contributed by atoms with van der Waals surface area (Å²) >= 11 is 9.77. The molecule has 0 radical (unpaired) electrons. The van der Waals surface area contributed by atoms with E-state index in [1.807, 2.05) is 0 Å². The van der Waals surface area contributed by atoms with Gasteiger partial charge in [0, 0.05) is 10.0 Å². The fourth-order valence-electron chi connectivity index (χ4n) is 2.37. The Morgan fingerprint density at radius 2 is 1.96 bits per heavy atom. The first kappa shape index (κ1) is 18.6. The zero-order valence-electron chi connectivity index (χ0n) is 12.9. The first-order valence-corrected chi connectivity index (χ1v) is 10.0. The highest BCUT2D eigenvalue weighted by molar-refractivity contribution is 9.10. The Balaban J connectivity index is 1.93. The highest BCUT2D eigenvalue weighted by atomic mass is 79.9. The SMILES string of the molecule is O=C1NC(=S)S/C1=C\c1c(-c2ccc(Br)cc2)nc2sc(C(F)(F)F)nn12. The number of thiocarbonyl (C=S) groups is 1. The fourth-order valence-corrected chi connectivity index (χ4v) is 4.43. The van der Waals surface area contributed by atoms with Crippen LogP contribution in [-0.4, -0.2) is 24.8 Å². The number of nitrogens with one attached hydrogen (secondary N) is 1. The van der Waals surface area contributed by atoms with Crippen LogP contribution >= 0.6 is 51.2 Å². The highest BCUT2D eigenvalue weighted by Crippen LogP contribution is 2.37. The van der Waals surface area contributed by atoms with E-state index in [4.69, 9.17) is 12.2 Å². The molecule has 0 saturated carbocycles. The molecule has 0 spiro atoms. The Bertz CT molecular complexity index is 1120. The maximum absolute atomic E-state index is 13.0. The van der Waals surface area contributed by atoms with Crippen LogP contribution in [0.4, 0.5) is 13.2 Å². The summed E-state index contributed by atoms with van der Waals surface area (Å²) in [5.41, 5.74) is 1.39. The molecule has 27 heavy (non-hydrogen) atoms. The van der Waals surface area contributed by atoms with Crippen LogP contribution in [-0.2, 0) is 11.0 Å². The number of halogens is 4. The van der Waals surface area contributed by atoms with Crippen LogP contribution in [0, 0.1) is 0 Å². The van der Waals surface area contributed by atoms with E-state index in [9.17, 15) is 18.0 Å². The molecule has 138 valence electrons. The summed E-state index contributed by atoms with van der Waals surface area (Å²) in [7, 11) is 0. The van der Waals surface area contributed by atoms with E-state index in [-0.39, 0.29) is 19.9 Å². The lowest BCUT2D eigenvalue weighted by Gasteiger charge is -2.02. The van der Waals surface area contributed by atoms with E-state index < -0.39 is 17.1 Å². The van der Waals surface area contributed by atoms with Gasteiger partial charge in [-0.3, -0.25) is 4.79 Å². The largest absolute Gasteiger partial charge is 0.445 e. The Morgan fingerprint density at radius 1 is 1.26 bits per heavy atom. The van der Waals surface area contributed by atoms with Gasteiger partial charge in [-0.2, -0.15) is 13.2 Å². The third kappa shape index (κ3) is 3.53. The molecule has 1 aromatic carbocycles. The summed E-state index contributed by atoms with van der Waals surface area (Å²) in [6.45, 7) is 0. The molecule has 2 aromatic heterocycles. The van der Waals surface area contributed by atoms with Crippen molar-refractivity contribution in [3.63, 3.8) is 0 Å². The van der Waals surface area contributed by atoms with Gasteiger partial charge in [-0.05, 0) is 18.2 Å². The topological polar surface area (TPSA) is 59.3 Å². The highest BCUT2D eigenvalue weighted by Gasteiger charge is 2.36. The summed E-state index contributed by atoms with van der Waals surface area (Å²) in [6, 6.07) is 7.13. The molecule has 1 aliphatic heterocycles. The van der Waals surface area contributed by atoms with E-state index in [0.29, 0.717) is 22.6 Å². The van der Waals surface area contributed by atoms with Gasteiger partial charge in [0.25, 0.3) is 5.91 Å². The number of benzene rings is 1. The number of fused-ring (bicyclic) bond motifs is 1. The van der Waals surface area contributed by atoms with Crippen molar-refractivity contribution in [1.82, 2.24) is 19.9 Å². The van der Waals surface area contributed by atoms with E-state index >= 15 is 0 Å². The van der Waals surface area contributed by atoms with Gasteiger partial charge in [-0.1, -0.05) is 63.4 Å². The van der Waals surface area contributed by atoms with Gasteiger partial charge in [-0.15, -0.1) is 5.10 Å². The van der Waals surface area contributed by atoms with Crippen LogP contribution in [0.2, 0.25) is 0 Å². The molecule has 0 atom stereocenters. The monoisotopic (exact) mass is 490 g/mol. The first-order chi connectivity index (χ1) is 12.7. The van der Waals surface area contributed by atoms with Gasteiger partial charge in [0.05, 0.1) is 16.3 Å². The number of imidazole rings is 1. The predicted octanol–water partition coefficient (Wildman–Crippen LogP) is 4.73. The number of carbonyl (C=O) groups excluding carboxylic acids is 1. The molecular formula is C15H6BrF3N4OS3. The molecule has 0 aliphatic carbocycles. The van der Waals surface area contributed by atoms with Crippen molar-refractivity contribution in [2.24, 2.45) is 0 Å².